The third-order valence-corrected chi connectivity index (χ3v) is 5.04. The largest absolute Gasteiger partial charge is 0.481 e. The van der Waals surface area contributed by atoms with Crippen LogP contribution < -0.4 is 20.3 Å². The van der Waals surface area contributed by atoms with E-state index in [0.29, 0.717) is 18.5 Å². The van der Waals surface area contributed by atoms with E-state index < -0.39 is 0 Å². The maximum absolute atomic E-state index is 5.16. The van der Waals surface area contributed by atoms with E-state index in [2.05, 4.69) is 59.6 Å². The smallest absolute Gasteiger partial charge is 0.213 e. The fraction of sp³-hybridized carbons (Fsp3) is 0.368. The summed E-state index contributed by atoms with van der Waals surface area (Å²) in [4.78, 5) is 11.1. The molecule has 3 rings (SSSR count). The van der Waals surface area contributed by atoms with Crippen LogP contribution in [0.25, 0.3) is 0 Å². The minimum absolute atomic E-state index is 0. The quantitative estimate of drug-likeness (QED) is 0.342. The topological polar surface area (TPSA) is 61.8 Å². The molecule has 1 aliphatic heterocycles. The number of benzene rings is 1. The minimum Gasteiger partial charge on any atom is -0.481 e. The SMILES string of the molecule is CN=C(NCc1cccc(OC)n1)NC1CCN(c2ccccc2Br)C1.I. The maximum atomic E-state index is 5.16. The zero-order valence-electron chi connectivity index (χ0n) is 15.5. The van der Waals surface area contributed by atoms with E-state index in [0.717, 1.165) is 35.6 Å². The molecular weight excluding hydrogens is 521 g/mol. The second kappa shape index (κ2) is 10.7. The molecule has 1 aromatic carbocycles. The fourth-order valence-corrected chi connectivity index (χ4v) is 3.57. The molecule has 0 spiro atoms. The highest BCUT2D eigenvalue weighted by Crippen LogP contribution is 2.28. The zero-order chi connectivity index (χ0) is 18.4. The summed E-state index contributed by atoms with van der Waals surface area (Å²) in [5.41, 5.74) is 2.15. The van der Waals surface area contributed by atoms with Crippen molar-refractivity contribution in [2.24, 2.45) is 4.99 Å². The minimum atomic E-state index is 0. The zero-order valence-corrected chi connectivity index (χ0v) is 19.4. The third-order valence-electron chi connectivity index (χ3n) is 4.37. The van der Waals surface area contributed by atoms with Crippen LogP contribution in [0.2, 0.25) is 0 Å². The summed E-state index contributed by atoms with van der Waals surface area (Å²) in [5, 5.41) is 6.83. The van der Waals surface area contributed by atoms with Crippen molar-refractivity contribution < 1.29 is 4.74 Å². The molecule has 146 valence electrons. The Bertz CT molecular complexity index is 773. The van der Waals surface area contributed by atoms with Crippen molar-refractivity contribution in [1.29, 1.82) is 0 Å². The van der Waals surface area contributed by atoms with Crippen molar-refractivity contribution in [3.8, 4) is 5.88 Å². The summed E-state index contributed by atoms with van der Waals surface area (Å²) in [6.07, 6.45) is 1.07. The number of guanidine groups is 1. The lowest BCUT2D eigenvalue weighted by Crippen LogP contribution is -2.44. The first kappa shape index (κ1) is 21.7. The number of ether oxygens (including phenoxy) is 1. The molecule has 0 amide bonds. The third kappa shape index (κ3) is 5.97. The molecule has 8 heteroatoms. The van der Waals surface area contributed by atoms with Crippen LogP contribution in [0, 0.1) is 0 Å². The second-order valence-electron chi connectivity index (χ2n) is 6.12. The summed E-state index contributed by atoms with van der Waals surface area (Å²) in [7, 11) is 3.41. The summed E-state index contributed by atoms with van der Waals surface area (Å²) >= 11 is 3.64. The first-order valence-electron chi connectivity index (χ1n) is 8.66. The Morgan fingerprint density at radius 3 is 2.85 bits per heavy atom. The molecule has 0 radical (unpaired) electrons. The van der Waals surface area contributed by atoms with Gasteiger partial charge in [-0.25, -0.2) is 4.98 Å². The lowest BCUT2D eigenvalue weighted by molar-refractivity contribution is 0.396. The number of methoxy groups -OCH3 is 1. The number of aliphatic imine (C=N–C) groups is 1. The highest BCUT2D eigenvalue weighted by atomic mass is 127. The summed E-state index contributed by atoms with van der Waals surface area (Å²) in [6, 6.07) is 14.4. The second-order valence-corrected chi connectivity index (χ2v) is 6.98. The van der Waals surface area contributed by atoms with Crippen LogP contribution in [0.1, 0.15) is 12.1 Å². The maximum Gasteiger partial charge on any atom is 0.213 e. The molecule has 1 aliphatic rings. The molecule has 6 nitrogen and oxygen atoms in total. The van der Waals surface area contributed by atoms with Crippen molar-refractivity contribution in [2.45, 2.75) is 19.0 Å². The number of hydrogen-bond acceptors (Lipinski definition) is 4. The Balaban J connectivity index is 0.00000261. The number of halogens is 2. The predicted octanol–water partition coefficient (Wildman–Crippen LogP) is 3.41. The van der Waals surface area contributed by atoms with E-state index in [1.165, 1.54) is 5.69 Å². The number of anilines is 1. The van der Waals surface area contributed by atoms with Gasteiger partial charge in [0, 0.05) is 36.7 Å². The summed E-state index contributed by atoms with van der Waals surface area (Å²) < 4.78 is 6.30. The Hall–Kier alpha value is -1.55. The van der Waals surface area contributed by atoms with E-state index in [1.54, 1.807) is 14.2 Å². The molecule has 1 aromatic heterocycles. The van der Waals surface area contributed by atoms with Crippen LogP contribution in [-0.4, -0.2) is 44.2 Å². The molecule has 2 heterocycles. The van der Waals surface area contributed by atoms with Crippen LogP contribution in [-0.2, 0) is 6.54 Å². The lowest BCUT2D eigenvalue weighted by atomic mass is 10.2. The van der Waals surface area contributed by atoms with E-state index in [1.807, 2.05) is 24.3 Å². The average Bonchev–Trinajstić information content (AvgIpc) is 3.14. The summed E-state index contributed by atoms with van der Waals surface area (Å²) in [5.74, 6) is 1.40. The summed E-state index contributed by atoms with van der Waals surface area (Å²) in [6.45, 7) is 2.56. The van der Waals surface area contributed by atoms with Crippen LogP contribution in [0.4, 0.5) is 5.69 Å². The van der Waals surface area contributed by atoms with Gasteiger partial charge >= 0.3 is 0 Å². The van der Waals surface area contributed by atoms with Gasteiger partial charge in [0.05, 0.1) is 25.0 Å². The van der Waals surface area contributed by atoms with Crippen molar-refractivity contribution in [3.05, 3.63) is 52.6 Å². The van der Waals surface area contributed by atoms with Gasteiger partial charge in [-0.05, 0) is 40.5 Å². The van der Waals surface area contributed by atoms with E-state index >= 15 is 0 Å². The normalized spacial score (nSPS) is 16.6. The number of hydrogen-bond donors (Lipinski definition) is 2. The molecule has 2 aromatic rings. The molecule has 1 saturated heterocycles. The molecule has 0 saturated carbocycles. The highest BCUT2D eigenvalue weighted by molar-refractivity contribution is 14.0. The van der Waals surface area contributed by atoms with E-state index in [9.17, 15) is 0 Å². The Morgan fingerprint density at radius 2 is 2.11 bits per heavy atom. The van der Waals surface area contributed by atoms with Gasteiger partial charge < -0.3 is 20.3 Å². The molecule has 0 bridgehead atoms. The number of nitrogens with zero attached hydrogens (tertiary/aromatic N) is 3. The molecule has 27 heavy (non-hydrogen) atoms. The molecule has 2 N–H and O–H groups in total. The van der Waals surface area contributed by atoms with Gasteiger partial charge in [0.15, 0.2) is 5.96 Å². The highest BCUT2D eigenvalue weighted by Gasteiger charge is 2.24. The van der Waals surface area contributed by atoms with Crippen LogP contribution in [0.15, 0.2) is 51.9 Å². The standard InChI is InChI=1S/C19H24BrN5O.HI/c1-21-19(22-12-14-6-5-9-18(23-14)26-2)24-15-10-11-25(13-15)17-8-4-3-7-16(17)20;/h3-9,15H,10-13H2,1-2H3,(H2,21,22,24);1H. The molecule has 0 aliphatic carbocycles. The van der Waals surface area contributed by atoms with Gasteiger partial charge in [-0.3, -0.25) is 4.99 Å². The van der Waals surface area contributed by atoms with Crippen molar-refractivity contribution in [2.75, 3.05) is 32.1 Å². The van der Waals surface area contributed by atoms with Crippen molar-refractivity contribution in [3.63, 3.8) is 0 Å². The Morgan fingerprint density at radius 1 is 1.30 bits per heavy atom. The van der Waals surface area contributed by atoms with Gasteiger partial charge in [0.25, 0.3) is 0 Å². The number of rotatable bonds is 5. The van der Waals surface area contributed by atoms with Crippen molar-refractivity contribution in [1.82, 2.24) is 15.6 Å². The van der Waals surface area contributed by atoms with E-state index in [-0.39, 0.29) is 24.0 Å². The predicted molar refractivity (Wildman–Crippen MR) is 124 cm³/mol. The van der Waals surface area contributed by atoms with Crippen LogP contribution >= 0.6 is 39.9 Å². The van der Waals surface area contributed by atoms with Gasteiger partial charge in [-0.15, -0.1) is 24.0 Å². The molecule has 1 fully saturated rings. The number of pyridine rings is 1. The van der Waals surface area contributed by atoms with E-state index in [4.69, 9.17) is 4.74 Å². The average molecular weight is 546 g/mol. The fourth-order valence-electron chi connectivity index (χ4n) is 3.04. The first-order chi connectivity index (χ1) is 12.7. The number of aromatic nitrogens is 1. The molecular formula is C19H25BrIN5O. The van der Waals surface area contributed by atoms with Crippen LogP contribution in [0.5, 0.6) is 5.88 Å². The molecule has 1 unspecified atom stereocenters. The first-order valence-corrected chi connectivity index (χ1v) is 9.45. The molecule has 1 atom stereocenters. The monoisotopic (exact) mass is 545 g/mol. The lowest BCUT2D eigenvalue weighted by Gasteiger charge is -2.21. The Kier molecular flexibility index (Phi) is 8.62. The van der Waals surface area contributed by atoms with Crippen molar-refractivity contribution >= 4 is 51.6 Å². The number of para-hydroxylation sites is 1. The van der Waals surface area contributed by atoms with Gasteiger partial charge in [0.2, 0.25) is 5.88 Å². The van der Waals surface area contributed by atoms with Gasteiger partial charge in [0.1, 0.15) is 0 Å². The van der Waals surface area contributed by atoms with Gasteiger partial charge in [-0.2, -0.15) is 0 Å². The van der Waals surface area contributed by atoms with Crippen LogP contribution in [0.3, 0.4) is 0 Å². The van der Waals surface area contributed by atoms with Gasteiger partial charge in [-0.1, -0.05) is 18.2 Å². The number of nitrogens with one attached hydrogen (secondary N) is 2. The Labute approximate surface area is 186 Å².